The summed E-state index contributed by atoms with van der Waals surface area (Å²) in [4.78, 5) is 25.7. The van der Waals surface area contributed by atoms with Crippen molar-refractivity contribution in [1.82, 2.24) is 15.1 Å². The first-order chi connectivity index (χ1) is 15.9. The molecule has 5 saturated carbocycles. The van der Waals surface area contributed by atoms with Crippen molar-refractivity contribution < 1.29 is 9.59 Å². The van der Waals surface area contributed by atoms with Gasteiger partial charge in [0, 0.05) is 23.2 Å². The van der Waals surface area contributed by atoms with Crippen LogP contribution in [0, 0.1) is 29.1 Å². The van der Waals surface area contributed by atoms with E-state index < -0.39 is 0 Å². The molecule has 0 spiro atoms. The van der Waals surface area contributed by atoms with Gasteiger partial charge in [0.15, 0.2) is 5.69 Å². The van der Waals surface area contributed by atoms with Crippen LogP contribution in [0.4, 0.5) is 0 Å². The van der Waals surface area contributed by atoms with E-state index in [-0.39, 0.29) is 29.2 Å². The minimum absolute atomic E-state index is 0.0332. The van der Waals surface area contributed by atoms with E-state index in [2.05, 4.69) is 16.9 Å². The number of fused-ring (bicyclic) bond motifs is 1. The third-order valence-electron chi connectivity index (χ3n) is 10.2. The van der Waals surface area contributed by atoms with Crippen molar-refractivity contribution in [3.8, 4) is 0 Å². The van der Waals surface area contributed by atoms with Crippen LogP contribution >= 0.6 is 0 Å². The molecular weight excluding hydrogens is 412 g/mol. The van der Waals surface area contributed by atoms with Gasteiger partial charge in [0.1, 0.15) is 0 Å². The molecule has 33 heavy (non-hydrogen) atoms. The standard InChI is InChI=1S/C27H40N4O2/c1-16(27-13-17-9-18(14-27)11-19(10-17)15-27)29-26(33)24-22-12-20(25(28)32)7-8-23(22)31(30-24)21-5-3-2-4-6-21/h16-21H,2-15H2,1H3,(H2,28,32)(H,29,33). The molecule has 0 aliphatic heterocycles. The summed E-state index contributed by atoms with van der Waals surface area (Å²) in [5.74, 6) is 2.13. The average molecular weight is 453 g/mol. The average Bonchev–Trinajstić information content (AvgIpc) is 3.18. The lowest BCUT2D eigenvalue weighted by atomic mass is 9.48. The highest BCUT2D eigenvalue weighted by atomic mass is 16.2. The summed E-state index contributed by atoms with van der Waals surface area (Å²) in [6.45, 7) is 2.24. The zero-order chi connectivity index (χ0) is 22.7. The molecule has 0 aromatic carbocycles. The molecule has 180 valence electrons. The highest BCUT2D eigenvalue weighted by Gasteiger charge is 2.53. The minimum Gasteiger partial charge on any atom is -0.369 e. The van der Waals surface area contributed by atoms with Gasteiger partial charge in [-0.25, -0.2) is 0 Å². The fourth-order valence-electron chi connectivity index (χ4n) is 8.82. The van der Waals surface area contributed by atoms with Crippen molar-refractivity contribution in [2.45, 2.75) is 109 Å². The monoisotopic (exact) mass is 452 g/mol. The number of primary amides is 1. The lowest BCUT2D eigenvalue weighted by Gasteiger charge is -2.59. The second-order valence-corrected chi connectivity index (χ2v) is 12.3. The second-order valence-electron chi connectivity index (χ2n) is 12.3. The van der Waals surface area contributed by atoms with Crippen LogP contribution in [0.2, 0.25) is 0 Å². The van der Waals surface area contributed by atoms with Gasteiger partial charge >= 0.3 is 0 Å². The van der Waals surface area contributed by atoms with Crippen LogP contribution < -0.4 is 11.1 Å². The van der Waals surface area contributed by atoms with Crippen molar-refractivity contribution in [1.29, 1.82) is 0 Å². The number of aromatic nitrogens is 2. The highest BCUT2D eigenvalue weighted by Crippen LogP contribution is 2.61. The molecule has 1 aromatic rings. The molecule has 6 nitrogen and oxygen atoms in total. The Bertz CT molecular complexity index is 909. The Morgan fingerprint density at radius 2 is 1.67 bits per heavy atom. The maximum atomic E-state index is 13.7. The lowest BCUT2D eigenvalue weighted by molar-refractivity contribution is -0.122. The van der Waals surface area contributed by atoms with E-state index in [4.69, 9.17) is 10.8 Å². The first-order valence-electron chi connectivity index (χ1n) is 13.6. The van der Waals surface area contributed by atoms with E-state index in [1.54, 1.807) is 0 Å². The molecule has 6 aliphatic carbocycles. The highest BCUT2D eigenvalue weighted by molar-refractivity contribution is 5.94. The van der Waals surface area contributed by atoms with Gasteiger partial charge in [-0.2, -0.15) is 5.10 Å². The molecule has 0 radical (unpaired) electrons. The van der Waals surface area contributed by atoms with Gasteiger partial charge in [0.25, 0.3) is 5.91 Å². The molecule has 7 rings (SSSR count). The van der Waals surface area contributed by atoms with Crippen LogP contribution in [0.1, 0.15) is 112 Å². The molecule has 2 amide bonds. The van der Waals surface area contributed by atoms with Crippen LogP contribution in [-0.4, -0.2) is 27.6 Å². The lowest BCUT2D eigenvalue weighted by Crippen LogP contribution is -2.55. The number of hydrogen-bond donors (Lipinski definition) is 2. The number of nitrogens with zero attached hydrogens (tertiary/aromatic N) is 2. The van der Waals surface area contributed by atoms with Crippen molar-refractivity contribution in [2.24, 2.45) is 34.8 Å². The normalized spacial score (nSPS) is 36.4. The molecule has 1 heterocycles. The van der Waals surface area contributed by atoms with Gasteiger partial charge in [-0.15, -0.1) is 0 Å². The number of rotatable bonds is 5. The molecule has 4 bridgehead atoms. The first-order valence-corrected chi connectivity index (χ1v) is 13.6. The Hall–Kier alpha value is -1.85. The Balaban J connectivity index is 1.27. The molecule has 3 N–H and O–H groups in total. The summed E-state index contributed by atoms with van der Waals surface area (Å²) in [6, 6.07) is 0.559. The van der Waals surface area contributed by atoms with E-state index >= 15 is 0 Å². The van der Waals surface area contributed by atoms with Gasteiger partial charge < -0.3 is 11.1 Å². The molecule has 0 saturated heterocycles. The number of carbonyl (C=O) groups excluding carboxylic acids is 2. The number of amides is 2. The quantitative estimate of drug-likeness (QED) is 0.697. The third-order valence-corrected chi connectivity index (χ3v) is 10.2. The third kappa shape index (κ3) is 3.72. The number of carbonyl (C=O) groups is 2. The number of nitrogens with one attached hydrogen (secondary N) is 1. The zero-order valence-electron chi connectivity index (χ0n) is 20.2. The van der Waals surface area contributed by atoms with E-state index in [1.807, 2.05) is 0 Å². The minimum atomic E-state index is -0.251. The predicted molar refractivity (Wildman–Crippen MR) is 127 cm³/mol. The fraction of sp³-hybridized carbons (Fsp3) is 0.815. The Morgan fingerprint density at radius 1 is 1.03 bits per heavy atom. The summed E-state index contributed by atoms with van der Waals surface area (Å²) < 4.78 is 2.18. The molecular formula is C27H40N4O2. The van der Waals surface area contributed by atoms with Crippen LogP contribution in [0.3, 0.4) is 0 Å². The van der Waals surface area contributed by atoms with E-state index in [1.165, 1.54) is 63.5 Å². The van der Waals surface area contributed by atoms with Crippen molar-refractivity contribution >= 4 is 11.8 Å². The first kappa shape index (κ1) is 21.7. The Labute approximate surface area is 197 Å². The van der Waals surface area contributed by atoms with Crippen LogP contribution in [0.15, 0.2) is 0 Å². The van der Waals surface area contributed by atoms with Gasteiger partial charge in [-0.05, 0) is 101 Å². The maximum absolute atomic E-state index is 13.7. The van der Waals surface area contributed by atoms with E-state index in [0.29, 0.717) is 18.2 Å². The summed E-state index contributed by atoms with van der Waals surface area (Å²) in [5, 5.41) is 8.39. The van der Waals surface area contributed by atoms with Crippen molar-refractivity contribution in [2.75, 3.05) is 0 Å². The Morgan fingerprint density at radius 3 is 2.27 bits per heavy atom. The number of nitrogens with two attached hydrogens (primary N) is 1. The summed E-state index contributed by atoms with van der Waals surface area (Å²) in [6.07, 6.45) is 16.2. The summed E-state index contributed by atoms with van der Waals surface area (Å²) in [5.41, 5.74) is 8.70. The second kappa shape index (κ2) is 8.13. The van der Waals surface area contributed by atoms with Gasteiger partial charge in [0.05, 0.1) is 6.04 Å². The molecule has 2 atom stereocenters. The predicted octanol–water partition coefficient (Wildman–Crippen LogP) is 4.31. The number of hydrogen-bond acceptors (Lipinski definition) is 3. The van der Waals surface area contributed by atoms with Gasteiger partial charge in [-0.3, -0.25) is 14.3 Å². The molecule has 1 aromatic heterocycles. The molecule has 2 unspecified atom stereocenters. The molecule has 6 aliphatic rings. The van der Waals surface area contributed by atoms with Gasteiger partial charge in [0.2, 0.25) is 5.91 Å². The van der Waals surface area contributed by atoms with Crippen LogP contribution in [0.5, 0.6) is 0 Å². The largest absolute Gasteiger partial charge is 0.369 e. The van der Waals surface area contributed by atoms with E-state index in [0.717, 1.165) is 49.0 Å². The van der Waals surface area contributed by atoms with Crippen molar-refractivity contribution in [3.05, 3.63) is 17.0 Å². The molecule has 5 fully saturated rings. The van der Waals surface area contributed by atoms with Gasteiger partial charge in [-0.1, -0.05) is 19.3 Å². The Kier molecular flexibility index (Phi) is 5.34. The molecule has 6 heteroatoms. The smallest absolute Gasteiger partial charge is 0.272 e. The van der Waals surface area contributed by atoms with Crippen LogP contribution in [-0.2, 0) is 17.6 Å². The maximum Gasteiger partial charge on any atom is 0.272 e. The van der Waals surface area contributed by atoms with E-state index in [9.17, 15) is 9.59 Å². The summed E-state index contributed by atoms with van der Waals surface area (Å²) >= 11 is 0. The topological polar surface area (TPSA) is 90.0 Å². The zero-order valence-corrected chi connectivity index (χ0v) is 20.2. The summed E-state index contributed by atoms with van der Waals surface area (Å²) in [7, 11) is 0. The van der Waals surface area contributed by atoms with Crippen molar-refractivity contribution in [3.63, 3.8) is 0 Å². The fourth-order valence-corrected chi connectivity index (χ4v) is 8.82. The SMILES string of the molecule is CC(NC(=O)c1nn(C2CCCCC2)c2c1CC(C(N)=O)CC2)C12CC3CC(CC(C3)C1)C2. The van der Waals surface area contributed by atoms with Crippen LogP contribution in [0.25, 0.3) is 0 Å².